The van der Waals surface area contributed by atoms with Gasteiger partial charge in [-0.25, -0.2) is 0 Å². The summed E-state index contributed by atoms with van der Waals surface area (Å²) in [6, 6.07) is 0.860. The molecule has 1 N–H and O–H groups in total. The summed E-state index contributed by atoms with van der Waals surface area (Å²) in [6.45, 7) is 6.07. The Morgan fingerprint density at radius 1 is 1.09 bits per heavy atom. The predicted octanol–water partition coefficient (Wildman–Crippen LogP) is 2.03. The Morgan fingerprint density at radius 2 is 1.91 bits per heavy atom. The fourth-order valence-electron chi connectivity index (χ4n) is 2.92. The molecule has 0 aromatic carbocycles. The molecule has 64 valence electrons. The largest absolute Gasteiger partial charge is 0.313 e. The minimum atomic E-state index is 0.860. The molecule has 4 unspecified atom stereocenters. The van der Waals surface area contributed by atoms with Gasteiger partial charge >= 0.3 is 0 Å². The lowest BCUT2D eigenvalue weighted by molar-refractivity contribution is 0.220. The molecule has 11 heavy (non-hydrogen) atoms. The quantitative estimate of drug-likeness (QED) is 0.561. The molecule has 0 bridgehead atoms. The van der Waals surface area contributed by atoms with Gasteiger partial charge in [0.1, 0.15) is 0 Å². The van der Waals surface area contributed by atoms with E-state index in [1.807, 2.05) is 0 Å². The molecule has 1 saturated carbocycles. The molecule has 4 atom stereocenters. The summed E-state index contributed by atoms with van der Waals surface area (Å²) in [5, 5.41) is 3.66. The SMILES string of the molecule is CC1CNC2C(C)CCCC12. The van der Waals surface area contributed by atoms with Gasteiger partial charge < -0.3 is 5.32 Å². The van der Waals surface area contributed by atoms with Crippen LogP contribution in [0.5, 0.6) is 0 Å². The van der Waals surface area contributed by atoms with Crippen LogP contribution in [-0.2, 0) is 0 Å². The van der Waals surface area contributed by atoms with Crippen molar-refractivity contribution in [1.29, 1.82) is 0 Å². The van der Waals surface area contributed by atoms with Crippen molar-refractivity contribution in [3.8, 4) is 0 Å². The summed E-state index contributed by atoms with van der Waals surface area (Å²) >= 11 is 0. The third-order valence-electron chi connectivity index (χ3n) is 3.68. The van der Waals surface area contributed by atoms with Gasteiger partial charge in [0.15, 0.2) is 0 Å². The van der Waals surface area contributed by atoms with Gasteiger partial charge in [0.25, 0.3) is 0 Å². The maximum absolute atomic E-state index is 3.66. The summed E-state index contributed by atoms with van der Waals surface area (Å²) in [5.74, 6) is 2.86. The van der Waals surface area contributed by atoms with Crippen LogP contribution in [0.4, 0.5) is 0 Å². The molecule has 2 aliphatic rings. The zero-order chi connectivity index (χ0) is 7.84. The summed E-state index contributed by atoms with van der Waals surface area (Å²) < 4.78 is 0. The normalized spacial score (nSPS) is 50.7. The lowest BCUT2D eigenvalue weighted by atomic mass is 9.75. The van der Waals surface area contributed by atoms with Gasteiger partial charge in [0.05, 0.1) is 0 Å². The van der Waals surface area contributed by atoms with Crippen LogP contribution in [-0.4, -0.2) is 12.6 Å². The smallest absolute Gasteiger partial charge is 0.0124 e. The van der Waals surface area contributed by atoms with Crippen LogP contribution in [0.2, 0.25) is 0 Å². The number of nitrogens with one attached hydrogen (secondary N) is 1. The van der Waals surface area contributed by atoms with E-state index in [9.17, 15) is 0 Å². The Bertz CT molecular complexity index is 142. The van der Waals surface area contributed by atoms with Crippen molar-refractivity contribution in [2.24, 2.45) is 17.8 Å². The van der Waals surface area contributed by atoms with Gasteiger partial charge in [-0.3, -0.25) is 0 Å². The molecule has 0 aromatic heterocycles. The maximum Gasteiger partial charge on any atom is 0.0124 e. The standard InChI is InChI=1S/C10H19N/c1-7-4-3-5-9-8(2)6-11-10(7)9/h7-11H,3-6H2,1-2H3. The maximum atomic E-state index is 3.66. The Kier molecular flexibility index (Phi) is 1.92. The van der Waals surface area contributed by atoms with Gasteiger partial charge in [-0.15, -0.1) is 0 Å². The number of fused-ring (bicyclic) bond motifs is 1. The van der Waals surface area contributed by atoms with Crippen molar-refractivity contribution in [3.05, 3.63) is 0 Å². The highest BCUT2D eigenvalue weighted by Crippen LogP contribution is 2.37. The number of rotatable bonds is 0. The number of hydrogen-bond donors (Lipinski definition) is 1. The third kappa shape index (κ3) is 1.20. The average Bonchev–Trinajstić information content (AvgIpc) is 2.35. The first-order chi connectivity index (χ1) is 5.29. The van der Waals surface area contributed by atoms with E-state index in [2.05, 4.69) is 19.2 Å². The molecule has 0 aromatic rings. The van der Waals surface area contributed by atoms with Crippen molar-refractivity contribution in [2.75, 3.05) is 6.54 Å². The van der Waals surface area contributed by atoms with E-state index in [0.717, 1.165) is 23.8 Å². The molecule has 1 aliphatic heterocycles. The molecular weight excluding hydrogens is 134 g/mol. The molecule has 2 rings (SSSR count). The molecular formula is C10H19N. The monoisotopic (exact) mass is 153 g/mol. The van der Waals surface area contributed by atoms with E-state index in [1.165, 1.54) is 25.8 Å². The highest BCUT2D eigenvalue weighted by molar-refractivity contribution is 4.93. The lowest BCUT2D eigenvalue weighted by Gasteiger charge is -2.32. The Labute approximate surface area is 69.6 Å². The Hall–Kier alpha value is -0.0400. The van der Waals surface area contributed by atoms with Crippen molar-refractivity contribution < 1.29 is 0 Å². The van der Waals surface area contributed by atoms with Gasteiger partial charge in [0.2, 0.25) is 0 Å². The summed E-state index contributed by atoms with van der Waals surface area (Å²) in [5.41, 5.74) is 0. The van der Waals surface area contributed by atoms with Crippen LogP contribution in [0.25, 0.3) is 0 Å². The van der Waals surface area contributed by atoms with E-state index in [1.54, 1.807) is 0 Å². The molecule has 1 heterocycles. The van der Waals surface area contributed by atoms with Crippen LogP contribution < -0.4 is 5.32 Å². The van der Waals surface area contributed by atoms with E-state index >= 15 is 0 Å². The summed E-state index contributed by atoms with van der Waals surface area (Å²) in [6.07, 6.45) is 4.39. The van der Waals surface area contributed by atoms with Crippen LogP contribution in [0.3, 0.4) is 0 Å². The van der Waals surface area contributed by atoms with E-state index in [0.29, 0.717) is 0 Å². The molecule has 0 spiro atoms. The zero-order valence-corrected chi connectivity index (χ0v) is 7.64. The Balaban J connectivity index is 2.07. The highest BCUT2D eigenvalue weighted by Gasteiger charge is 2.38. The van der Waals surface area contributed by atoms with Gasteiger partial charge in [-0.05, 0) is 37.1 Å². The van der Waals surface area contributed by atoms with Crippen LogP contribution in [0.15, 0.2) is 0 Å². The van der Waals surface area contributed by atoms with Gasteiger partial charge in [0, 0.05) is 6.04 Å². The summed E-state index contributed by atoms with van der Waals surface area (Å²) in [7, 11) is 0. The highest BCUT2D eigenvalue weighted by atomic mass is 15.0. The first-order valence-electron chi connectivity index (χ1n) is 5.02. The topological polar surface area (TPSA) is 12.0 Å². The molecule has 0 amide bonds. The van der Waals surface area contributed by atoms with Gasteiger partial charge in [-0.1, -0.05) is 20.3 Å². The molecule has 1 saturated heterocycles. The van der Waals surface area contributed by atoms with Crippen molar-refractivity contribution in [3.63, 3.8) is 0 Å². The average molecular weight is 153 g/mol. The molecule has 1 aliphatic carbocycles. The fourth-order valence-corrected chi connectivity index (χ4v) is 2.92. The Morgan fingerprint density at radius 3 is 2.64 bits per heavy atom. The zero-order valence-electron chi connectivity index (χ0n) is 7.64. The third-order valence-corrected chi connectivity index (χ3v) is 3.68. The predicted molar refractivity (Wildman–Crippen MR) is 47.5 cm³/mol. The van der Waals surface area contributed by atoms with Gasteiger partial charge in [-0.2, -0.15) is 0 Å². The van der Waals surface area contributed by atoms with E-state index in [-0.39, 0.29) is 0 Å². The van der Waals surface area contributed by atoms with Crippen LogP contribution in [0.1, 0.15) is 33.1 Å². The lowest BCUT2D eigenvalue weighted by Crippen LogP contribution is -2.36. The first kappa shape index (κ1) is 7.60. The minimum absolute atomic E-state index is 0.860. The molecule has 0 radical (unpaired) electrons. The molecule has 1 nitrogen and oxygen atoms in total. The van der Waals surface area contributed by atoms with Crippen LogP contribution >= 0.6 is 0 Å². The fraction of sp³-hybridized carbons (Fsp3) is 1.00. The van der Waals surface area contributed by atoms with Crippen molar-refractivity contribution in [1.82, 2.24) is 5.32 Å². The second kappa shape index (κ2) is 2.78. The minimum Gasteiger partial charge on any atom is -0.313 e. The second-order valence-corrected chi connectivity index (χ2v) is 4.48. The second-order valence-electron chi connectivity index (χ2n) is 4.48. The molecule has 1 heteroatoms. The van der Waals surface area contributed by atoms with E-state index < -0.39 is 0 Å². The first-order valence-corrected chi connectivity index (χ1v) is 5.02. The molecule has 2 fully saturated rings. The van der Waals surface area contributed by atoms with Crippen molar-refractivity contribution in [2.45, 2.75) is 39.2 Å². The number of hydrogen-bond acceptors (Lipinski definition) is 1. The van der Waals surface area contributed by atoms with Crippen LogP contribution in [0, 0.1) is 17.8 Å². The van der Waals surface area contributed by atoms with Crippen molar-refractivity contribution >= 4 is 0 Å². The van der Waals surface area contributed by atoms with E-state index in [4.69, 9.17) is 0 Å². The summed E-state index contributed by atoms with van der Waals surface area (Å²) in [4.78, 5) is 0.